The summed E-state index contributed by atoms with van der Waals surface area (Å²) in [6.45, 7) is 5.18. The summed E-state index contributed by atoms with van der Waals surface area (Å²) in [4.78, 5) is 47.6. The largest absolute Gasteiger partial charge is 0.496 e. The number of methoxy groups -OCH3 is 2. The molecule has 314 valence electrons. The molecule has 0 spiro atoms. The summed E-state index contributed by atoms with van der Waals surface area (Å²) in [5.41, 5.74) is 10.6. The molecule has 3 amide bonds. The lowest BCUT2D eigenvalue weighted by Crippen LogP contribution is -2.40. The molecule has 0 aliphatic carbocycles. The minimum atomic E-state index is -1.56. The molecule has 18 heteroatoms. The molecule has 0 bridgehead atoms. The smallest absolute Gasteiger partial charge is 0.488 e. The molecule has 1 aliphatic heterocycles. The number of hydrogen-bond acceptors (Lipinski definition) is 11. The molecule has 1 fully saturated rings. The highest BCUT2D eigenvalue weighted by molar-refractivity contribution is 6.58. The minimum Gasteiger partial charge on any atom is -0.496 e. The third-order valence-electron chi connectivity index (χ3n) is 9.92. The van der Waals surface area contributed by atoms with Crippen LogP contribution in [0.3, 0.4) is 0 Å². The first-order chi connectivity index (χ1) is 29.4. The number of carbonyl (C=O) groups excluding carboxylic acids is 3. The highest BCUT2D eigenvalue weighted by Gasteiger charge is 2.28. The second kappa shape index (κ2) is 19.7. The number of ether oxygens (including phenoxy) is 2. The van der Waals surface area contributed by atoms with E-state index in [4.69, 9.17) is 30.4 Å². The number of nitrogens with zero attached hydrogens (tertiary/aromatic N) is 5. The normalized spacial score (nSPS) is 13.4. The topological polar surface area (TPSA) is 207 Å². The van der Waals surface area contributed by atoms with Gasteiger partial charge in [0.05, 0.1) is 36.8 Å². The average molecular weight is 833 g/mol. The number of rotatable bonds is 12. The third-order valence-corrected chi connectivity index (χ3v) is 9.92. The number of carbonyl (C=O) groups is 3. The Bertz CT molecular complexity index is 2570. The van der Waals surface area contributed by atoms with Crippen molar-refractivity contribution >= 4 is 47.2 Å². The van der Waals surface area contributed by atoms with Crippen molar-refractivity contribution < 1.29 is 42.7 Å². The summed E-state index contributed by atoms with van der Waals surface area (Å²) in [6, 6.07) is 21.5. The molecule has 6 N–H and O–H groups in total. The number of anilines is 1. The number of hydrogen-bond donors (Lipinski definition) is 5. The van der Waals surface area contributed by atoms with E-state index in [2.05, 4.69) is 27.2 Å². The Morgan fingerprint density at radius 1 is 0.885 bits per heavy atom. The van der Waals surface area contributed by atoms with Crippen molar-refractivity contribution in [2.75, 3.05) is 33.0 Å². The minimum absolute atomic E-state index is 0.0821. The number of aromatic nitrogens is 4. The van der Waals surface area contributed by atoms with Gasteiger partial charge < -0.3 is 40.8 Å². The number of amides is 3. The Labute approximate surface area is 350 Å². The van der Waals surface area contributed by atoms with Gasteiger partial charge in [0.15, 0.2) is 5.65 Å². The molecule has 3 heterocycles. The highest BCUT2D eigenvalue weighted by Crippen LogP contribution is 2.34. The molecule has 61 heavy (non-hydrogen) atoms. The van der Waals surface area contributed by atoms with E-state index in [0.717, 1.165) is 30.0 Å². The van der Waals surface area contributed by atoms with Gasteiger partial charge in [0.25, 0.3) is 11.8 Å². The van der Waals surface area contributed by atoms with Gasteiger partial charge in [0, 0.05) is 43.9 Å². The van der Waals surface area contributed by atoms with Crippen molar-refractivity contribution in [2.24, 2.45) is 0 Å². The van der Waals surface area contributed by atoms with Gasteiger partial charge in [-0.1, -0.05) is 49.0 Å². The molecule has 6 aromatic rings. The van der Waals surface area contributed by atoms with E-state index in [1.807, 2.05) is 28.9 Å². The van der Waals surface area contributed by atoms with E-state index in [1.54, 1.807) is 29.2 Å². The van der Waals surface area contributed by atoms with Crippen LogP contribution < -0.4 is 31.3 Å². The standard InChI is InChI=1S/C28H28FN7O3.C15H15BFNO4/c1-3-23(37)35-11-5-8-20(15-35)36-27-24(26(30)32-16-33-27)25(34-36)18-7-4-6-17(12-18)14-31-28(38)21-10-9-19(29)13-22(21)39-2;1-22-14-8-12(17)5-6-13(14)15(19)18-9-10-3-2-4-11(7-10)16(20)21/h3-4,6-7,9-10,12-13,16,20H,1,5,8,11,14-15H2,2H3,(H,31,38)(H2,30,32,33);2-8,20-21H,9H2,1H3,(H,18,19)/t20-;/m1./s1. The molecule has 1 saturated heterocycles. The van der Waals surface area contributed by atoms with Crippen molar-refractivity contribution in [3.63, 3.8) is 0 Å². The molecular formula is C43H43BF2N8O7. The molecule has 7 rings (SSSR count). The second-order valence-electron chi connectivity index (χ2n) is 13.9. The van der Waals surface area contributed by atoms with Crippen LogP contribution in [-0.4, -0.2) is 86.8 Å². The van der Waals surface area contributed by atoms with E-state index >= 15 is 0 Å². The first kappa shape index (κ1) is 43.4. The van der Waals surface area contributed by atoms with Gasteiger partial charge in [-0.05, 0) is 65.8 Å². The van der Waals surface area contributed by atoms with Gasteiger partial charge >= 0.3 is 7.12 Å². The van der Waals surface area contributed by atoms with Crippen LogP contribution in [0.5, 0.6) is 11.5 Å². The fourth-order valence-electron chi connectivity index (χ4n) is 6.89. The Kier molecular flexibility index (Phi) is 14.0. The zero-order chi connectivity index (χ0) is 43.6. The number of benzene rings is 4. The summed E-state index contributed by atoms with van der Waals surface area (Å²) in [7, 11) is 1.18. The SMILES string of the molecule is C=CC(=O)N1CCC[C@@H](n2nc(-c3cccc(CNC(=O)c4ccc(F)cc4OC)c3)c3c(N)ncnc32)C1.COc1cc(F)ccc1C(=O)NCc1cccc(B(O)O)c1. The average Bonchev–Trinajstić information content (AvgIpc) is 3.68. The maximum absolute atomic E-state index is 13.5. The second-order valence-corrected chi connectivity index (χ2v) is 13.9. The summed E-state index contributed by atoms with van der Waals surface area (Å²) in [5, 5.41) is 29.3. The van der Waals surface area contributed by atoms with Crippen molar-refractivity contribution in [1.29, 1.82) is 0 Å². The fourth-order valence-corrected chi connectivity index (χ4v) is 6.89. The Hall–Kier alpha value is -7.18. The van der Waals surface area contributed by atoms with E-state index in [1.165, 1.54) is 57.0 Å². The number of fused-ring (bicyclic) bond motifs is 1. The molecule has 2 aromatic heterocycles. The zero-order valence-corrected chi connectivity index (χ0v) is 33.3. The van der Waals surface area contributed by atoms with Crippen molar-refractivity contribution in [1.82, 2.24) is 35.3 Å². The van der Waals surface area contributed by atoms with Gasteiger partial charge in [-0.2, -0.15) is 5.10 Å². The van der Waals surface area contributed by atoms with Crippen molar-refractivity contribution in [3.05, 3.63) is 138 Å². The molecule has 1 atom stereocenters. The highest BCUT2D eigenvalue weighted by atomic mass is 19.1. The van der Waals surface area contributed by atoms with Crippen LogP contribution in [0.25, 0.3) is 22.3 Å². The van der Waals surface area contributed by atoms with E-state index in [-0.39, 0.29) is 53.6 Å². The third kappa shape index (κ3) is 10.3. The van der Waals surface area contributed by atoms with Gasteiger partial charge in [-0.25, -0.2) is 23.4 Å². The summed E-state index contributed by atoms with van der Waals surface area (Å²) < 4.78 is 38.6. The molecule has 0 saturated carbocycles. The predicted octanol–water partition coefficient (Wildman–Crippen LogP) is 3.95. The first-order valence-electron chi connectivity index (χ1n) is 19.1. The van der Waals surface area contributed by atoms with E-state index < -0.39 is 24.7 Å². The lowest BCUT2D eigenvalue weighted by Gasteiger charge is -2.32. The molecule has 15 nitrogen and oxygen atoms in total. The fraction of sp³-hybridized carbons (Fsp3) is 0.209. The Morgan fingerprint density at radius 3 is 2.08 bits per heavy atom. The number of nitrogen functional groups attached to an aromatic ring is 1. The van der Waals surface area contributed by atoms with Crippen molar-refractivity contribution in [3.8, 4) is 22.8 Å². The monoisotopic (exact) mass is 832 g/mol. The molecule has 0 radical (unpaired) electrons. The maximum atomic E-state index is 13.5. The van der Waals surface area contributed by atoms with Crippen LogP contribution in [0, 0.1) is 11.6 Å². The summed E-state index contributed by atoms with van der Waals surface area (Å²) in [6.07, 6.45) is 4.39. The lowest BCUT2D eigenvalue weighted by molar-refractivity contribution is -0.127. The van der Waals surface area contributed by atoms with E-state index in [0.29, 0.717) is 46.7 Å². The summed E-state index contributed by atoms with van der Waals surface area (Å²) in [5.74, 6) is -1.27. The van der Waals surface area contributed by atoms with Crippen molar-refractivity contribution in [2.45, 2.75) is 32.0 Å². The van der Waals surface area contributed by atoms with Gasteiger partial charge in [-0.3, -0.25) is 14.4 Å². The Balaban J connectivity index is 0.000000240. The molecule has 0 unspecified atom stereocenters. The predicted molar refractivity (Wildman–Crippen MR) is 225 cm³/mol. The van der Waals surface area contributed by atoms with Crippen LogP contribution in [0.15, 0.2) is 104 Å². The van der Waals surface area contributed by atoms with Crippen LogP contribution in [0.2, 0.25) is 0 Å². The summed E-state index contributed by atoms with van der Waals surface area (Å²) >= 11 is 0. The maximum Gasteiger partial charge on any atom is 0.488 e. The van der Waals surface area contributed by atoms with E-state index in [9.17, 15) is 23.2 Å². The van der Waals surface area contributed by atoms with Crippen LogP contribution in [-0.2, 0) is 17.9 Å². The molecule has 4 aromatic carbocycles. The number of piperidine rings is 1. The van der Waals surface area contributed by atoms with Gasteiger partial charge in [0.1, 0.15) is 41.0 Å². The van der Waals surface area contributed by atoms with Crippen LogP contribution in [0.4, 0.5) is 14.6 Å². The number of nitrogens with two attached hydrogens (primary N) is 1. The first-order valence-corrected chi connectivity index (χ1v) is 19.1. The number of nitrogens with one attached hydrogen (secondary N) is 2. The van der Waals surface area contributed by atoms with Gasteiger partial charge in [-0.15, -0.1) is 0 Å². The lowest BCUT2D eigenvalue weighted by atomic mass is 9.79. The number of halogens is 2. The van der Waals surface area contributed by atoms with Crippen LogP contribution >= 0.6 is 0 Å². The number of likely N-dealkylation sites (tertiary alicyclic amines) is 1. The van der Waals surface area contributed by atoms with Gasteiger partial charge in [0.2, 0.25) is 5.91 Å². The zero-order valence-electron chi connectivity index (χ0n) is 33.3. The van der Waals surface area contributed by atoms with Crippen LogP contribution in [0.1, 0.15) is 50.7 Å². The molecule has 1 aliphatic rings. The quantitative estimate of drug-likeness (QED) is 0.0882. The Morgan fingerprint density at radius 2 is 1.49 bits per heavy atom. The molecular weight excluding hydrogens is 789 g/mol.